The fourth-order valence-corrected chi connectivity index (χ4v) is 4.86. The maximum absolute atomic E-state index is 11.9. The predicted octanol–water partition coefficient (Wildman–Crippen LogP) is 2.72. The van der Waals surface area contributed by atoms with Crippen molar-refractivity contribution in [2.45, 2.75) is 44.7 Å². The maximum Gasteiger partial charge on any atom is 0.279 e. The Kier molecular flexibility index (Phi) is 3.36. The second kappa shape index (κ2) is 4.91. The van der Waals surface area contributed by atoms with Gasteiger partial charge >= 0.3 is 0 Å². The first kappa shape index (κ1) is 13.7. The molecule has 4 atom stereocenters. The van der Waals surface area contributed by atoms with Crippen molar-refractivity contribution in [2.24, 2.45) is 11.8 Å². The molecule has 20 heavy (non-hydrogen) atoms. The van der Waals surface area contributed by atoms with Gasteiger partial charge < -0.3 is 9.55 Å². The summed E-state index contributed by atoms with van der Waals surface area (Å²) >= 11 is 1.98. The lowest BCUT2D eigenvalue weighted by molar-refractivity contribution is 0.356. The molecule has 3 rings (SSSR count). The summed E-state index contributed by atoms with van der Waals surface area (Å²) in [6.45, 7) is 8.64. The highest BCUT2D eigenvalue weighted by molar-refractivity contribution is 8.00. The minimum atomic E-state index is -0.151. The van der Waals surface area contributed by atoms with E-state index in [2.05, 4.69) is 40.3 Å². The quantitative estimate of drug-likeness (QED) is 0.924. The topological polar surface area (TPSA) is 63.6 Å². The lowest BCUT2D eigenvalue weighted by Gasteiger charge is -2.18. The molecular formula is C14H20N4OS. The SMILES string of the molecule is CC[C@H]1S[C@@H](n2cnc3c(=O)[nH]c(C)nc32)[C@H](C)[C@@H]1C. The molecule has 0 amide bonds. The van der Waals surface area contributed by atoms with Crippen LogP contribution in [0.25, 0.3) is 11.2 Å². The van der Waals surface area contributed by atoms with E-state index in [4.69, 9.17) is 0 Å². The summed E-state index contributed by atoms with van der Waals surface area (Å²) < 4.78 is 2.08. The van der Waals surface area contributed by atoms with Crippen molar-refractivity contribution in [3.63, 3.8) is 0 Å². The van der Waals surface area contributed by atoms with Crippen LogP contribution in [0.5, 0.6) is 0 Å². The molecule has 0 radical (unpaired) electrons. The van der Waals surface area contributed by atoms with Crippen molar-refractivity contribution in [2.75, 3.05) is 0 Å². The van der Waals surface area contributed by atoms with Crippen molar-refractivity contribution in [1.82, 2.24) is 19.5 Å². The number of aromatic amines is 1. The van der Waals surface area contributed by atoms with Crippen molar-refractivity contribution in [1.29, 1.82) is 0 Å². The second-order valence-corrected chi connectivity index (χ2v) is 7.03. The van der Waals surface area contributed by atoms with Gasteiger partial charge in [0.2, 0.25) is 0 Å². The van der Waals surface area contributed by atoms with Gasteiger partial charge in [-0.2, -0.15) is 0 Å². The molecule has 2 aromatic rings. The molecule has 0 aromatic carbocycles. The molecule has 2 aromatic heterocycles. The van der Waals surface area contributed by atoms with Gasteiger partial charge in [0.05, 0.1) is 11.7 Å². The number of nitrogens with zero attached hydrogens (tertiary/aromatic N) is 3. The number of hydrogen-bond acceptors (Lipinski definition) is 4. The van der Waals surface area contributed by atoms with Crippen LogP contribution in [0.3, 0.4) is 0 Å². The average molecular weight is 292 g/mol. The largest absolute Gasteiger partial charge is 0.309 e. The Labute approximate surface area is 122 Å². The molecule has 1 saturated heterocycles. The van der Waals surface area contributed by atoms with E-state index in [-0.39, 0.29) is 5.56 Å². The first-order valence-electron chi connectivity index (χ1n) is 7.11. The zero-order valence-electron chi connectivity index (χ0n) is 12.3. The van der Waals surface area contributed by atoms with Crippen LogP contribution in [-0.2, 0) is 0 Å². The Morgan fingerprint density at radius 2 is 2.15 bits per heavy atom. The molecule has 0 spiro atoms. The van der Waals surface area contributed by atoms with Crippen LogP contribution >= 0.6 is 11.8 Å². The van der Waals surface area contributed by atoms with E-state index < -0.39 is 0 Å². The molecule has 0 unspecified atom stereocenters. The standard InChI is InChI=1S/C14H20N4OS/c1-5-10-7(2)8(3)14(20-10)18-6-15-11-12(18)16-9(4)17-13(11)19/h6-8,10,14H,5H2,1-4H3,(H,16,17,19)/t7-,8+,10+,14+/m0/s1. The summed E-state index contributed by atoms with van der Waals surface area (Å²) in [4.78, 5) is 23.4. The monoisotopic (exact) mass is 292 g/mol. The van der Waals surface area contributed by atoms with Crippen LogP contribution in [0.15, 0.2) is 11.1 Å². The highest BCUT2D eigenvalue weighted by Crippen LogP contribution is 2.50. The van der Waals surface area contributed by atoms with Gasteiger partial charge in [-0.1, -0.05) is 20.8 Å². The summed E-state index contributed by atoms with van der Waals surface area (Å²) in [5.41, 5.74) is 0.998. The minimum absolute atomic E-state index is 0.151. The van der Waals surface area contributed by atoms with Crippen molar-refractivity contribution < 1.29 is 0 Å². The molecule has 0 aliphatic carbocycles. The maximum atomic E-state index is 11.9. The van der Waals surface area contributed by atoms with E-state index in [1.165, 1.54) is 6.42 Å². The van der Waals surface area contributed by atoms with Gasteiger partial charge in [0, 0.05) is 5.25 Å². The Morgan fingerprint density at radius 1 is 1.40 bits per heavy atom. The molecule has 1 N–H and O–H groups in total. The van der Waals surface area contributed by atoms with Gasteiger partial charge in [0.1, 0.15) is 5.82 Å². The number of rotatable bonds is 2. The highest BCUT2D eigenvalue weighted by Gasteiger charge is 2.39. The van der Waals surface area contributed by atoms with Gasteiger partial charge in [-0.3, -0.25) is 4.79 Å². The van der Waals surface area contributed by atoms with Crippen LogP contribution in [0.1, 0.15) is 38.4 Å². The number of imidazole rings is 1. The van der Waals surface area contributed by atoms with Gasteiger partial charge in [-0.15, -0.1) is 11.8 Å². The van der Waals surface area contributed by atoms with Crippen LogP contribution in [-0.4, -0.2) is 24.8 Å². The van der Waals surface area contributed by atoms with Crippen LogP contribution < -0.4 is 5.56 Å². The molecule has 1 fully saturated rings. The molecule has 6 heteroatoms. The normalized spacial score (nSPS) is 30.2. The molecule has 0 saturated carbocycles. The fraction of sp³-hybridized carbons (Fsp3) is 0.643. The molecular weight excluding hydrogens is 272 g/mol. The minimum Gasteiger partial charge on any atom is -0.309 e. The van der Waals surface area contributed by atoms with Crippen LogP contribution in [0, 0.1) is 18.8 Å². The number of aryl methyl sites for hydroxylation is 1. The summed E-state index contributed by atoms with van der Waals surface area (Å²) in [5.74, 6) is 1.85. The number of thioether (sulfide) groups is 1. The number of aromatic nitrogens is 4. The summed E-state index contributed by atoms with van der Waals surface area (Å²) in [7, 11) is 0. The number of nitrogens with one attached hydrogen (secondary N) is 1. The smallest absolute Gasteiger partial charge is 0.279 e. The third-order valence-electron chi connectivity index (χ3n) is 4.41. The third kappa shape index (κ3) is 1.97. The average Bonchev–Trinajstić information content (AvgIpc) is 2.93. The first-order chi connectivity index (χ1) is 9.52. The summed E-state index contributed by atoms with van der Waals surface area (Å²) in [5, 5.41) is 0.976. The first-order valence-corrected chi connectivity index (χ1v) is 8.06. The van der Waals surface area contributed by atoms with Gasteiger partial charge in [0.15, 0.2) is 11.2 Å². The Hall–Kier alpha value is -1.30. The molecule has 108 valence electrons. The summed E-state index contributed by atoms with van der Waals surface area (Å²) in [6.07, 6.45) is 2.94. The van der Waals surface area contributed by atoms with Crippen LogP contribution in [0.2, 0.25) is 0 Å². The van der Waals surface area contributed by atoms with Gasteiger partial charge in [-0.05, 0) is 25.2 Å². The van der Waals surface area contributed by atoms with E-state index in [0.717, 1.165) is 0 Å². The molecule has 1 aliphatic rings. The van der Waals surface area contributed by atoms with Gasteiger partial charge in [0.25, 0.3) is 5.56 Å². The second-order valence-electron chi connectivity index (χ2n) is 5.67. The third-order valence-corrected chi connectivity index (χ3v) is 6.45. The van der Waals surface area contributed by atoms with Crippen LogP contribution in [0.4, 0.5) is 0 Å². The lowest BCUT2D eigenvalue weighted by Crippen LogP contribution is -2.16. The van der Waals surface area contributed by atoms with E-state index >= 15 is 0 Å². The summed E-state index contributed by atoms with van der Waals surface area (Å²) in [6, 6.07) is 0. The zero-order chi connectivity index (χ0) is 14.4. The fourth-order valence-electron chi connectivity index (χ4n) is 3.03. The predicted molar refractivity (Wildman–Crippen MR) is 81.9 cm³/mol. The van der Waals surface area contributed by atoms with Crippen molar-refractivity contribution in [3.8, 4) is 0 Å². The number of hydrogen-bond donors (Lipinski definition) is 1. The van der Waals surface area contributed by atoms with E-state index in [0.29, 0.717) is 39.4 Å². The van der Waals surface area contributed by atoms with E-state index in [1.54, 1.807) is 13.3 Å². The molecule has 5 nitrogen and oxygen atoms in total. The molecule has 1 aliphatic heterocycles. The molecule has 3 heterocycles. The highest BCUT2D eigenvalue weighted by atomic mass is 32.2. The number of H-pyrrole nitrogens is 1. The number of fused-ring (bicyclic) bond motifs is 1. The van der Waals surface area contributed by atoms with Gasteiger partial charge in [-0.25, -0.2) is 9.97 Å². The van der Waals surface area contributed by atoms with E-state index in [9.17, 15) is 4.79 Å². The van der Waals surface area contributed by atoms with E-state index in [1.807, 2.05) is 11.8 Å². The zero-order valence-corrected chi connectivity index (χ0v) is 13.1. The Balaban J connectivity index is 2.09. The van der Waals surface area contributed by atoms with Crippen molar-refractivity contribution in [3.05, 3.63) is 22.5 Å². The Bertz CT molecular complexity index is 692. The van der Waals surface area contributed by atoms with Crippen molar-refractivity contribution >= 4 is 22.9 Å². The Morgan fingerprint density at radius 3 is 2.80 bits per heavy atom. The lowest BCUT2D eigenvalue weighted by atomic mass is 9.92. The molecule has 0 bridgehead atoms.